The van der Waals surface area contributed by atoms with Crippen molar-refractivity contribution in [3.05, 3.63) is 65.7 Å². The van der Waals surface area contributed by atoms with Gasteiger partial charge in [0.2, 0.25) is 5.91 Å². The maximum absolute atomic E-state index is 13.2. The Morgan fingerprint density at radius 1 is 1.04 bits per heavy atom. The molecule has 2 rings (SSSR count). The number of carbonyl (C=O) groups is 2. The summed E-state index contributed by atoms with van der Waals surface area (Å²) in [6.45, 7) is 1.81. The third kappa shape index (κ3) is 5.87. The number of amides is 3. The van der Waals surface area contributed by atoms with Crippen LogP contribution in [0.2, 0.25) is 0 Å². The first-order chi connectivity index (χ1) is 12.0. The fourth-order valence-electron chi connectivity index (χ4n) is 2.17. The topological polar surface area (TPSA) is 70.2 Å². The first-order valence-electron chi connectivity index (χ1n) is 7.80. The molecule has 0 saturated heterocycles. The molecule has 1 atom stereocenters. The lowest BCUT2D eigenvalue weighted by atomic mass is 10.1. The number of hydrogen-bond donors (Lipinski definition) is 3. The summed E-state index contributed by atoms with van der Waals surface area (Å²) >= 11 is 0. The van der Waals surface area contributed by atoms with Crippen molar-refractivity contribution in [2.45, 2.75) is 19.4 Å². The molecule has 0 heterocycles. The van der Waals surface area contributed by atoms with Crippen LogP contribution in [0.1, 0.15) is 24.9 Å². The number of para-hydroxylation sites is 1. The second-order valence-corrected chi connectivity index (χ2v) is 5.46. The minimum Gasteiger partial charge on any atom is -0.350 e. The molecule has 0 spiro atoms. The number of urea groups is 1. The fraction of sp³-hybridized carbons (Fsp3) is 0.222. The van der Waals surface area contributed by atoms with E-state index >= 15 is 0 Å². The summed E-state index contributed by atoms with van der Waals surface area (Å²) in [5, 5.41) is 7.87. The van der Waals surface area contributed by atoms with E-state index in [0.29, 0.717) is 11.3 Å². The van der Waals surface area contributed by atoms with Crippen molar-refractivity contribution < 1.29 is 18.4 Å². The van der Waals surface area contributed by atoms with Crippen molar-refractivity contribution in [2.75, 3.05) is 11.9 Å². The molecule has 0 radical (unpaired) electrons. The number of halogens is 2. The maximum atomic E-state index is 13.2. The van der Waals surface area contributed by atoms with Gasteiger partial charge in [-0.3, -0.25) is 4.79 Å². The lowest BCUT2D eigenvalue weighted by molar-refractivity contribution is -0.121. The molecule has 3 N–H and O–H groups in total. The van der Waals surface area contributed by atoms with E-state index in [-0.39, 0.29) is 18.9 Å². The van der Waals surface area contributed by atoms with Crippen LogP contribution in [-0.4, -0.2) is 18.5 Å². The predicted octanol–water partition coefficient (Wildman–Crippen LogP) is 3.35. The largest absolute Gasteiger partial charge is 0.350 e. The Kier molecular flexibility index (Phi) is 6.45. The Morgan fingerprint density at radius 3 is 2.44 bits per heavy atom. The zero-order valence-electron chi connectivity index (χ0n) is 13.7. The van der Waals surface area contributed by atoms with Crippen molar-refractivity contribution in [3.8, 4) is 0 Å². The van der Waals surface area contributed by atoms with Crippen LogP contribution < -0.4 is 16.0 Å². The summed E-state index contributed by atoms with van der Waals surface area (Å²) in [5.74, 6) is -2.20. The van der Waals surface area contributed by atoms with E-state index in [1.807, 2.05) is 6.07 Å². The van der Waals surface area contributed by atoms with E-state index in [1.165, 1.54) is 6.07 Å². The summed E-state index contributed by atoms with van der Waals surface area (Å²) in [6, 6.07) is 11.5. The van der Waals surface area contributed by atoms with Gasteiger partial charge < -0.3 is 16.0 Å². The van der Waals surface area contributed by atoms with Gasteiger partial charge in [0.05, 0.1) is 6.04 Å². The molecule has 0 aliphatic rings. The number of carbonyl (C=O) groups excluding carboxylic acids is 2. The molecule has 132 valence electrons. The highest BCUT2D eigenvalue weighted by Gasteiger charge is 2.12. The molecule has 0 unspecified atom stereocenters. The van der Waals surface area contributed by atoms with Crippen LogP contribution in [0.25, 0.3) is 0 Å². The van der Waals surface area contributed by atoms with Gasteiger partial charge in [-0.05, 0) is 36.8 Å². The molecule has 3 amide bonds. The standard InChI is InChI=1S/C18H19F2N3O2/c1-12(13-7-8-15(19)16(20)11-13)22-17(24)9-10-21-18(25)23-14-5-3-2-4-6-14/h2-8,11-12H,9-10H2,1H3,(H,22,24)(H2,21,23,25)/t12-/m0/s1. The fourth-order valence-corrected chi connectivity index (χ4v) is 2.17. The second-order valence-electron chi connectivity index (χ2n) is 5.46. The lowest BCUT2D eigenvalue weighted by Crippen LogP contribution is -2.34. The third-order valence-electron chi connectivity index (χ3n) is 3.49. The third-order valence-corrected chi connectivity index (χ3v) is 3.49. The van der Waals surface area contributed by atoms with Crippen molar-refractivity contribution >= 4 is 17.6 Å². The number of rotatable bonds is 6. The summed E-state index contributed by atoms with van der Waals surface area (Å²) in [6.07, 6.45) is 0.0657. The summed E-state index contributed by atoms with van der Waals surface area (Å²) in [5.41, 5.74) is 1.11. The predicted molar refractivity (Wildman–Crippen MR) is 91.0 cm³/mol. The monoisotopic (exact) mass is 347 g/mol. The Morgan fingerprint density at radius 2 is 1.76 bits per heavy atom. The average molecular weight is 347 g/mol. The molecule has 0 saturated carbocycles. The summed E-state index contributed by atoms with van der Waals surface area (Å²) in [7, 11) is 0. The summed E-state index contributed by atoms with van der Waals surface area (Å²) in [4.78, 5) is 23.5. The highest BCUT2D eigenvalue weighted by atomic mass is 19.2. The van der Waals surface area contributed by atoms with Gasteiger partial charge in [-0.15, -0.1) is 0 Å². The van der Waals surface area contributed by atoms with E-state index in [4.69, 9.17) is 0 Å². The van der Waals surface area contributed by atoms with Crippen LogP contribution in [0, 0.1) is 11.6 Å². The van der Waals surface area contributed by atoms with Crippen molar-refractivity contribution in [1.82, 2.24) is 10.6 Å². The van der Waals surface area contributed by atoms with Gasteiger partial charge in [-0.25, -0.2) is 13.6 Å². The first-order valence-corrected chi connectivity index (χ1v) is 7.80. The Hall–Kier alpha value is -2.96. The van der Waals surface area contributed by atoms with Crippen LogP contribution in [0.4, 0.5) is 19.3 Å². The number of nitrogens with one attached hydrogen (secondary N) is 3. The van der Waals surface area contributed by atoms with Crippen LogP contribution in [0.15, 0.2) is 48.5 Å². The van der Waals surface area contributed by atoms with E-state index in [1.54, 1.807) is 31.2 Å². The Balaban J connectivity index is 1.73. The van der Waals surface area contributed by atoms with Crippen molar-refractivity contribution in [2.24, 2.45) is 0 Å². The highest BCUT2D eigenvalue weighted by molar-refractivity contribution is 5.89. The van der Waals surface area contributed by atoms with Gasteiger partial charge in [-0.2, -0.15) is 0 Å². The molecule has 0 aliphatic heterocycles. The van der Waals surface area contributed by atoms with E-state index < -0.39 is 23.7 Å². The number of hydrogen-bond acceptors (Lipinski definition) is 2. The minimum atomic E-state index is -0.960. The van der Waals surface area contributed by atoms with E-state index in [0.717, 1.165) is 12.1 Å². The van der Waals surface area contributed by atoms with Gasteiger partial charge in [0.1, 0.15) is 0 Å². The van der Waals surface area contributed by atoms with Gasteiger partial charge >= 0.3 is 6.03 Å². The SMILES string of the molecule is C[C@H](NC(=O)CCNC(=O)Nc1ccccc1)c1ccc(F)c(F)c1. The van der Waals surface area contributed by atoms with Crippen molar-refractivity contribution in [3.63, 3.8) is 0 Å². The van der Waals surface area contributed by atoms with Gasteiger partial charge in [0.15, 0.2) is 11.6 Å². The van der Waals surface area contributed by atoms with Crippen LogP contribution in [0.5, 0.6) is 0 Å². The van der Waals surface area contributed by atoms with Crippen LogP contribution in [0.3, 0.4) is 0 Å². The zero-order chi connectivity index (χ0) is 18.2. The maximum Gasteiger partial charge on any atom is 0.319 e. The molecule has 2 aromatic rings. The molecule has 25 heavy (non-hydrogen) atoms. The Labute approximate surface area is 144 Å². The van der Waals surface area contributed by atoms with E-state index in [2.05, 4.69) is 16.0 Å². The highest BCUT2D eigenvalue weighted by Crippen LogP contribution is 2.15. The lowest BCUT2D eigenvalue weighted by Gasteiger charge is -2.15. The minimum absolute atomic E-state index is 0.0657. The van der Waals surface area contributed by atoms with Crippen LogP contribution >= 0.6 is 0 Å². The molecule has 2 aromatic carbocycles. The normalized spacial score (nSPS) is 11.5. The molecular weight excluding hydrogens is 328 g/mol. The van der Waals surface area contributed by atoms with E-state index in [9.17, 15) is 18.4 Å². The molecule has 5 nitrogen and oxygen atoms in total. The second kappa shape index (κ2) is 8.77. The smallest absolute Gasteiger partial charge is 0.319 e. The average Bonchev–Trinajstić information content (AvgIpc) is 2.58. The molecular formula is C18H19F2N3O2. The number of benzene rings is 2. The summed E-state index contributed by atoms with van der Waals surface area (Å²) < 4.78 is 26.1. The van der Waals surface area contributed by atoms with Gasteiger partial charge in [-0.1, -0.05) is 24.3 Å². The number of anilines is 1. The molecule has 0 fully saturated rings. The first kappa shape index (κ1) is 18.4. The molecule has 7 heteroatoms. The molecule has 0 aromatic heterocycles. The van der Waals surface area contributed by atoms with Gasteiger partial charge in [0.25, 0.3) is 0 Å². The van der Waals surface area contributed by atoms with Crippen LogP contribution in [-0.2, 0) is 4.79 Å². The van der Waals surface area contributed by atoms with Crippen molar-refractivity contribution in [1.29, 1.82) is 0 Å². The Bertz CT molecular complexity index is 738. The molecule has 0 aliphatic carbocycles. The zero-order valence-corrected chi connectivity index (χ0v) is 13.7. The molecule has 0 bridgehead atoms. The quantitative estimate of drug-likeness (QED) is 0.750. The van der Waals surface area contributed by atoms with Gasteiger partial charge in [0, 0.05) is 18.7 Å².